The third-order valence-corrected chi connectivity index (χ3v) is 8.94. The molecule has 192 valence electrons. The Balaban J connectivity index is 1.81. The van der Waals surface area contributed by atoms with Gasteiger partial charge in [0.15, 0.2) is 5.76 Å². The average molecular weight is 555 g/mol. The number of primary sulfonamides is 1. The van der Waals surface area contributed by atoms with Gasteiger partial charge in [-0.1, -0.05) is 22.8 Å². The number of aryl methyl sites for hydroxylation is 1. The van der Waals surface area contributed by atoms with Crippen molar-refractivity contribution in [1.29, 1.82) is 0 Å². The van der Waals surface area contributed by atoms with Crippen LogP contribution in [0.5, 0.6) is 0 Å². The molecular formula is C23H24ClFN4O5S2. The Labute approximate surface area is 214 Å². The van der Waals surface area contributed by atoms with Crippen molar-refractivity contribution in [3.8, 4) is 11.3 Å². The van der Waals surface area contributed by atoms with E-state index < -0.39 is 25.9 Å². The Hall–Kier alpha value is -2.77. The molecule has 36 heavy (non-hydrogen) atoms. The SMILES string of the molecule is Cc1noc(-c2cc(S(=O)(=O)N(C)C)ccc2S(N)(=O)=O)c1C1=CCN(c2ccc(Cl)cc2F)CC1. The van der Waals surface area contributed by atoms with Gasteiger partial charge >= 0.3 is 0 Å². The van der Waals surface area contributed by atoms with Crippen molar-refractivity contribution in [2.45, 2.75) is 23.1 Å². The molecule has 0 saturated heterocycles. The van der Waals surface area contributed by atoms with Gasteiger partial charge in [-0.05, 0) is 55.3 Å². The predicted octanol–water partition coefficient (Wildman–Crippen LogP) is 3.63. The molecule has 2 heterocycles. The van der Waals surface area contributed by atoms with Crippen LogP contribution in [0.15, 0.2) is 56.8 Å². The molecule has 3 aromatic rings. The summed E-state index contributed by atoms with van der Waals surface area (Å²) in [5, 5.41) is 9.76. The highest BCUT2D eigenvalue weighted by Crippen LogP contribution is 2.39. The van der Waals surface area contributed by atoms with Gasteiger partial charge in [0, 0.05) is 43.3 Å². The second-order valence-corrected chi connectivity index (χ2v) is 12.6. The van der Waals surface area contributed by atoms with E-state index in [9.17, 15) is 21.2 Å². The molecule has 0 spiro atoms. The fourth-order valence-electron chi connectivity index (χ4n) is 4.09. The maximum atomic E-state index is 14.4. The van der Waals surface area contributed by atoms with Gasteiger partial charge in [-0.2, -0.15) is 0 Å². The number of anilines is 1. The second-order valence-electron chi connectivity index (χ2n) is 8.48. The fourth-order valence-corrected chi connectivity index (χ4v) is 5.89. The molecule has 2 N–H and O–H groups in total. The summed E-state index contributed by atoms with van der Waals surface area (Å²) >= 11 is 5.86. The van der Waals surface area contributed by atoms with Crippen molar-refractivity contribution in [2.24, 2.45) is 5.14 Å². The van der Waals surface area contributed by atoms with Gasteiger partial charge in [-0.15, -0.1) is 0 Å². The molecule has 2 aromatic carbocycles. The van der Waals surface area contributed by atoms with Crippen molar-refractivity contribution < 1.29 is 25.7 Å². The van der Waals surface area contributed by atoms with Crippen molar-refractivity contribution in [3.05, 3.63) is 64.6 Å². The van der Waals surface area contributed by atoms with E-state index in [1.54, 1.807) is 19.1 Å². The molecule has 0 unspecified atom stereocenters. The van der Waals surface area contributed by atoms with E-state index >= 15 is 0 Å². The van der Waals surface area contributed by atoms with Crippen molar-refractivity contribution in [3.63, 3.8) is 0 Å². The van der Waals surface area contributed by atoms with Crippen LogP contribution >= 0.6 is 11.6 Å². The molecule has 1 aliphatic rings. The molecule has 0 radical (unpaired) electrons. The molecule has 0 atom stereocenters. The Morgan fingerprint density at radius 1 is 1.14 bits per heavy atom. The molecule has 9 nitrogen and oxygen atoms in total. The number of hydrogen-bond acceptors (Lipinski definition) is 7. The van der Waals surface area contributed by atoms with Crippen LogP contribution in [0.1, 0.15) is 17.7 Å². The summed E-state index contributed by atoms with van der Waals surface area (Å²) in [7, 11) is -5.37. The highest BCUT2D eigenvalue weighted by Gasteiger charge is 2.29. The normalized spacial score (nSPS) is 14.9. The minimum Gasteiger partial charge on any atom is -0.365 e. The van der Waals surface area contributed by atoms with Gasteiger partial charge in [0.1, 0.15) is 5.82 Å². The minimum atomic E-state index is -4.23. The molecule has 0 aliphatic carbocycles. The molecule has 13 heteroatoms. The lowest BCUT2D eigenvalue weighted by Gasteiger charge is -2.29. The number of hydrogen-bond donors (Lipinski definition) is 1. The summed E-state index contributed by atoms with van der Waals surface area (Å²) in [6.45, 7) is 2.53. The first-order valence-corrected chi connectivity index (χ1v) is 14.1. The standard InChI is InChI=1S/C23H24ClFN4O5S2/c1-14-22(15-8-10-29(11-9-15)20-6-4-16(24)12-19(20)25)23(34-27-14)18-13-17(36(32,33)28(2)3)5-7-21(18)35(26,30)31/h4-8,12-13H,9-11H2,1-3H3,(H2,26,30,31). The average Bonchev–Trinajstić information content (AvgIpc) is 3.19. The Morgan fingerprint density at radius 3 is 2.44 bits per heavy atom. The van der Waals surface area contributed by atoms with E-state index in [1.807, 2.05) is 11.0 Å². The summed E-state index contributed by atoms with van der Waals surface area (Å²) in [5.41, 5.74) is 2.23. The van der Waals surface area contributed by atoms with E-state index in [4.69, 9.17) is 21.3 Å². The van der Waals surface area contributed by atoms with Crippen LogP contribution in [0.25, 0.3) is 16.9 Å². The molecule has 0 amide bonds. The third kappa shape index (κ3) is 4.91. The van der Waals surface area contributed by atoms with Crippen LogP contribution in [0, 0.1) is 12.7 Å². The number of benzene rings is 2. The van der Waals surface area contributed by atoms with E-state index in [1.165, 1.54) is 32.3 Å². The maximum absolute atomic E-state index is 14.4. The van der Waals surface area contributed by atoms with Crippen molar-refractivity contribution in [2.75, 3.05) is 32.1 Å². The number of nitrogens with two attached hydrogens (primary N) is 1. The maximum Gasteiger partial charge on any atom is 0.242 e. The molecule has 1 aromatic heterocycles. The van der Waals surface area contributed by atoms with Gasteiger partial charge < -0.3 is 9.42 Å². The zero-order valence-electron chi connectivity index (χ0n) is 19.7. The number of rotatable bonds is 6. The molecule has 0 saturated carbocycles. The van der Waals surface area contributed by atoms with Gasteiger partial charge in [0.25, 0.3) is 0 Å². The molecule has 0 fully saturated rings. The highest BCUT2D eigenvalue weighted by molar-refractivity contribution is 7.89. The van der Waals surface area contributed by atoms with Crippen LogP contribution in [-0.2, 0) is 20.0 Å². The predicted molar refractivity (Wildman–Crippen MR) is 135 cm³/mol. The van der Waals surface area contributed by atoms with Crippen LogP contribution in [0.2, 0.25) is 5.02 Å². The Kier molecular flexibility index (Phi) is 7.01. The number of aromatic nitrogens is 1. The van der Waals surface area contributed by atoms with Gasteiger partial charge in [0.05, 0.1) is 21.2 Å². The number of nitrogens with zero attached hydrogens (tertiary/aromatic N) is 3. The molecule has 4 rings (SSSR count). The van der Waals surface area contributed by atoms with Gasteiger partial charge in [-0.3, -0.25) is 0 Å². The van der Waals surface area contributed by atoms with Crippen LogP contribution in [0.3, 0.4) is 0 Å². The van der Waals surface area contributed by atoms with Crippen molar-refractivity contribution in [1.82, 2.24) is 9.46 Å². The van der Waals surface area contributed by atoms with Gasteiger partial charge in [-0.25, -0.2) is 30.7 Å². The highest BCUT2D eigenvalue weighted by atomic mass is 35.5. The van der Waals surface area contributed by atoms with Crippen LogP contribution in [0.4, 0.5) is 10.1 Å². The Bertz CT molecular complexity index is 1580. The third-order valence-electron chi connectivity index (χ3n) is 5.92. The van der Waals surface area contributed by atoms with E-state index in [-0.39, 0.29) is 21.1 Å². The van der Waals surface area contributed by atoms with Crippen molar-refractivity contribution >= 4 is 42.9 Å². The van der Waals surface area contributed by atoms with E-state index in [2.05, 4.69) is 5.16 Å². The smallest absolute Gasteiger partial charge is 0.242 e. The zero-order valence-corrected chi connectivity index (χ0v) is 22.1. The first kappa shape index (κ1) is 26.3. The fraction of sp³-hybridized carbons (Fsp3) is 0.261. The lowest BCUT2D eigenvalue weighted by atomic mass is 9.95. The van der Waals surface area contributed by atoms with Gasteiger partial charge in [0.2, 0.25) is 20.0 Å². The summed E-state index contributed by atoms with van der Waals surface area (Å²) in [4.78, 5) is 1.42. The monoisotopic (exact) mass is 554 g/mol. The molecular weight excluding hydrogens is 531 g/mol. The zero-order chi connectivity index (χ0) is 26.4. The minimum absolute atomic E-state index is 0.0110. The topological polar surface area (TPSA) is 127 Å². The molecule has 0 bridgehead atoms. The lowest BCUT2D eigenvalue weighted by Crippen LogP contribution is -2.29. The lowest BCUT2D eigenvalue weighted by molar-refractivity contribution is 0.426. The Morgan fingerprint density at radius 2 is 1.86 bits per heavy atom. The molecule has 1 aliphatic heterocycles. The van der Waals surface area contributed by atoms with Crippen LogP contribution < -0.4 is 10.0 Å². The quantitative estimate of drug-likeness (QED) is 0.493. The second kappa shape index (κ2) is 9.60. The number of sulfonamides is 2. The van der Waals surface area contributed by atoms with E-state index in [0.29, 0.717) is 41.5 Å². The summed E-state index contributed by atoms with van der Waals surface area (Å²) in [6.07, 6.45) is 2.34. The summed E-state index contributed by atoms with van der Waals surface area (Å²) < 4.78 is 71.1. The summed E-state index contributed by atoms with van der Waals surface area (Å²) in [6, 6.07) is 8.02. The van der Waals surface area contributed by atoms with E-state index in [0.717, 1.165) is 15.9 Å². The first-order chi connectivity index (χ1) is 16.8. The summed E-state index contributed by atoms with van der Waals surface area (Å²) in [5.74, 6) is -0.345. The largest absolute Gasteiger partial charge is 0.365 e. The first-order valence-electron chi connectivity index (χ1n) is 10.8. The van der Waals surface area contributed by atoms with Crippen LogP contribution in [-0.4, -0.2) is 53.5 Å². The number of halogens is 2.